The van der Waals surface area contributed by atoms with Gasteiger partial charge in [-0.3, -0.25) is 4.79 Å². The molecule has 0 fully saturated rings. The van der Waals surface area contributed by atoms with Crippen LogP contribution in [0.5, 0.6) is 5.75 Å². The van der Waals surface area contributed by atoms with Gasteiger partial charge in [-0.25, -0.2) is 0 Å². The molecule has 29 heavy (non-hydrogen) atoms. The highest BCUT2D eigenvalue weighted by atomic mass is 16.5. The Morgan fingerprint density at radius 1 is 1.00 bits per heavy atom. The first kappa shape index (κ1) is 20.7. The van der Waals surface area contributed by atoms with Crippen LogP contribution >= 0.6 is 0 Å². The minimum atomic E-state index is 0.0430. The van der Waals surface area contributed by atoms with E-state index in [-0.39, 0.29) is 5.91 Å². The number of ether oxygens (including phenoxy) is 1. The number of amides is 1. The molecule has 3 aromatic rings. The van der Waals surface area contributed by atoms with E-state index < -0.39 is 0 Å². The van der Waals surface area contributed by atoms with Crippen LogP contribution in [0.25, 0.3) is 10.8 Å². The van der Waals surface area contributed by atoms with Gasteiger partial charge in [0.15, 0.2) is 0 Å². The van der Waals surface area contributed by atoms with E-state index in [0.29, 0.717) is 25.5 Å². The maximum absolute atomic E-state index is 12.1. The zero-order chi connectivity index (χ0) is 20.6. The molecule has 0 aliphatic carbocycles. The largest absolute Gasteiger partial charge is 0.493 e. The van der Waals surface area contributed by atoms with Crippen molar-refractivity contribution in [3.63, 3.8) is 0 Å². The second-order valence-corrected chi connectivity index (χ2v) is 7.69. The van der Waals surface area contributed by atoms with Gasteiger partial charge in [0, 0.05) is 29.9 Å². The van der Waals surface area contributed by atoms with Gasteiger partial charge in [0.05, 0.1) is 6.61 Å². The zero-order valence-corrected chi connectivity index (χ0v) is 17.5. The third-order valence-electron chi connectivity index (χ3n) is 4.67. The summed E-state index contributed by atoms with van der Waals surface area (Å²) >= 11 is 0. The number of rotatable bonds is 9. The highest BCUT2D eigenvalue weighted by Crippen LogP contribution is 2.29. The highest BCUT2D eigenvalue weighted by Gasteiger charge is 2.10. The molecular formula is C25H30N2O2. The fourth-order valence-electron chi connectivity index (χ4n) is 3.33. The Balaban J connectivity index is 1.78. The summed E-state index contributed by atoms with van der Waals surface area (Å²) in [6.07, 6.45) is 1.49. The number of fused-ring (bicyclic) bond motifs is 1. The van der Waals surface area contributed by atoms with Gasteiger partial charge in [0.2, 0.25) is 5.91 Å². The molecule has 2 N–H and O–H groups in total. The summed E-state index contributed by atoms with van der Waals surface area (Å²) in [5.74, 6) is 1.30. The number of anilines is 2. The molecule has 0 heterocycles. The first-order valence-corrected chi connectivity index (χ1v) is 10.3. The molecule has 1 amide bonds. The molecule has 0 radical (unpaired) electrons. The Kier molecular flexibility index (Phi) is 7.12. The minimum absolute atomic E-state index is 0.0430. The van der Waals surface area contributed by atoms with Gasteiger partial charge in [-0.05, 0) is 47.4 Å². The van der Waals surface area contributed by atoms with Crippen molar-refractivity contribution in [2.75, 3.05) is 17.2 Å². The summed E-state index contributed by atoms with van der Waals surface area (Å²) in [4.78, 5) is 12.1. The quantitative estimate of drug-likeness (QED) is 0.456. The number of hydrogen-bond acceptors (Lipinski definition) is 3. The van der Waals surface area contributed by atoms with Crippen LogP contribution in [0, 0.1) is 5.92 Å². The summed E-state index contributed by atoms with van der Waals surface area (Å²) in [6.45, 7) is 7.53. The summed E-state index contributed by atoms with van der Waals surface area (Å²) in [5, 5.41) is 8.86. The van der Waals surface area contributed by atoms with Crippen molar-refractivity contribution in [1.29, 1.82) is 0 Å². The summed E-state index contributed by atoms with van der Waals surface area (Å²) in [5.41, 5.74) is 2.91. The van der Waals surface area contributed by atoms with Gasteiger partial charge >= 0.3 is 0 Å². The van der Waals surface area contributed by atoms with Crippen molar-refractivity contribution in [3.05, 3.63) is 66.2 Å². The van der Waals surface area contributed by atoms with Crippen molar-refractivity contribution >= 4 is 28.1 Å². The molecule has 3 rings (SSSR count). The number of nitrogens with one attached hydrogen (secondary N) is 2. The van der Waals surface area contributed by atoms with Crippen molar-refractivity contribution < 1.29 is 9.53 Å². The van der Waals surface area contributed by atoms with Crippen LogP contribution in [-0.2, 0) is 11.3 Å². The molecule has 0 bridgehead atoms. The number of carbonyl (C=O) groups excluding carboxylic acids is 1. The van der Waals surface area contributed by atoms with Gasteiger partial charge in [-0.15, -0.1) is 0 Å². The fourth-order valence-corrected chi connectivity index (χ4v) is 3.33. The SMILES string of the molecule is CCCOc1ccc2ccccc2c1CNc1cccc(NC(=O)CC(C)C)c1. The summed E-state index contributed by atoms with van der Waals surface area (Å²) in [6, 6.07) is 20.4. The van der Waals surface area contributed by atoms with Crippen LogP contribution in [0.15, 0.2) is 60.7 Å². The molecule has 152 valence electrons. The lowest BCUT2D eigenvalue weighted by Gasteiger charge is -2.16. The second kappa shape index (κ2) is 9.97. The molecule has 3 aromatic carbocycles. The molecule has 0 aliphatic rings. The Labute approximate surface area is 173 Å². The van der Waals surface area contributed by atoms with E-state index in [1.165, 1.54) is 10.8 Å². The maximum atomic E-state index is 12.1. The van der Waals surface area contributed by atoms with E-state index in [1.807, 2.05) is 38.1 Å². The zero-order valence-electron chi connectivity index (χ0n) is 17.5. The van der Waals surface area contributed by atoms with Crippen LogP contribution < -0.4 is 15.4 Å². The molecular weight excluding hydrogens is 360 g/mol. The topological polar surface area (TPSA) is 50.4 Å². The van der Waals surface area contributed by atoms with E-state index in [4.69, 9.17) is 4.74 Å². The molecule has 0 saturated carbocycles. The molecule has 0 unspecified atom stereocenters. The Morgan fingerprint density at radius 2 is 1.79 bits per heavy atom. The van der Waals surface area contributed by atoms with Gasteiger partial charge in [0.1, 0.15) is 5.75 Å². The lowest BCUT2D eigenvalue weighted by Crippen LogP contribution is -2.14. The molecule has 0 atom stereocenters. The normalized spacial score (nSPS) is 10.9. The van der Waals surface area contributed by atoms with Crippen molar-refractivity contribution in [2.45, 2.75) is 40.2 Å². The standard InChI is InChI=1S/C25H30N2O2/c1-4-14-29-24-13-12-19-8-5-6-11-22(19)23(24)17-26-20-9-7-10-21(16-20)27-25(28)15-18(2)3/h5-13,16,18,26H,4,14-15,17H2,1-3H3,(H,27,28). The fraction of sp³-hybridized carbons (Fsp3) is 0.320. The number of hydrogen-bond donors (Lipinski definition) is 2. The second-order valence-electron chi connectivity index (χ2n) is 7.69. The van der Waals surface area contributed by atoms with Crippen LogP contribution in [-0.4, -0.2) is 12.5 Å². The molecule has 0 aromatic heterocycles. The molecule has 0 saturated heterocycles. The first-order valence-electron chi connectivity index (χ1n) is 10.3. The van der Waals surface area contributed by atoms with Gasteiger partial charge in [-0.2, -0.15) is 0 Å². The molecule has 4 nitrogen and oxygen atoms in total. The van der Waals surface area contributed by atoms with Crippen LogP contribution in [0.2, 0.25) is 0 Å². The van der Waals surface area contributed by atoms with Crippen LogP contribution in [0.1, 0.15) is 39.2 Å². The van der Waals surface area contributed by atoms with Crippen molar-refractivity contribution in [3.8, 4) is 5.75 Å². The minimum Gasteiger partial charge on any atom is -0.493 e. The Hall–Kier alpha value is -3.01. The van der Waals surface area contributed by atoms with Gasteiger partial charge < -0.3 is 15.4 Å². The lowest BCUT2D eigenvalue weighted by molar-refractivity contribution is -0.116. The Morgan fingerprint density at radius 3 is 2.59 bits per heavy atom. The monoisotopic (exact) mass is 390 g/mol. The maximum Gasteiger partial charge on any atom is 0.224 e. The molecule has 4 heteroatoms. The van der Waals surface area contributed by atoms with E-state index in [9.17, 15) is 4.79 Å². The highest BCUT2D eigenvalue weighted by molar-refractivity contribution is 5.91. The molecule has 0 spiro atoms. The van der Waals surface area contributed by atoms with Crippen LogP contribution in [0.3, 0.4) is 0 Å². The van der Waals surface area contributed by atoms with Crippen molar-refractivity contribution in [2.24, 2.45) is 5.92 Å². The predicted octanol–water partition coefficient (Wildman–Crippen LogP) is 6.23. The summed E-state index contributed by atoms with van der Waals surface area (Å²) in [7, 11) is 0. The third-order valence-corrected chi connectivity index (χ3v) is 4.67. The Bertz CT molecular complexity index is 966. The lowest BCUT2D eigenvalue weighted by atomic mass is 10.0. The number of benzene rings is 3. The van der Waals surface area contributed by atoms with E-state index in [0.717, 1.165) is 29.1 Å². The van der Waals surface area contributed by atoms with E-state index in [2.05, 4.69) is 54.0 Å². The summed E-state index contributed by atoms with van der Waals surface area (Å²) < 4.78 is 6.00. The number of carbonyl (C=O) groups is 1. The average Bonchev–Trinajstić information content (AvgIpc) is 2.70. The third kappa shape index (κ3) is 5.74. The predicted molar refractivity (Wildman–Crippen MR) is 122 cm³/mol. The van der Waals surface area contributed by atoms with Crippen molar-refractivity contribution in [1.82, 2.24) is 0 Å². The van der Waals surface area contributed by atoms with Gasteiger partial charge in [-0.1, -0.05) is 57.2 Å². The van der Waals surface area contributed by atoms with E-state index in [1.54, 1.807) is 0 Å². The smallest absolute Gasteiger partial charge is 0.224 e. The van der Waals surface area contributed by atoms with Gasteiger partial charge in [0.25, 0.3) is 0 Å². The average molecular weight is 391 g/mol. The first-order chi connectivity index (χ1) is 14.1. The molecule has 0 aliphatic heterocycles. The van der Waals surface area contributed by atoms with Crippen LogP contribution in [0.4, 0.5) is 11.4 Å². The van der Waals surface area contributed by atoms with E-state index >= 15 is 0 Å².